The van der Waals surface area contributed by atoms with Gasteiger partial charge >= 0.3 is 0 Å². The largest absolute Gasteiger partial charge is 0.309 e. The molecule has 0 N–H and O–H groups in total. The van der Waals surface area contributed by atoms with Crippen LogP contribution in [0.2, 0.25) is 0 Å². The van der Waals surface area contributed by atoms with Gasteiger partial charge in [-0.25, -0.2) is 0 Å². The van der Waals surface area contributed by atoms with Crippen LogP contribution < -0.4 is 20.7 Å². The quantitative estimate of drug-likeness (QED) is 0.0899. The lowest BCUT2D eigenvalue weighted by Crippen LogP contribution is -2.74. The van der Waals surface area contributed by atoms with Crippen LogP contribution in [-0.4, -0.2) is 12.6 Å². The number of hydrogen-bond acceptors (Lipinski definition) is 0. The molecule has 0 fully saturated rings. The van der Waals surface area contributed by atoms with Gasteiger partial charge in [0.2, 0.25) is 0 Å². The SMILES string of the molecule is c1ccc(-c2ccc3c4c2ccc2c(-c5ccc([Si](c6ccccc6)(c6ccccc6)c6ccccc6)cc5)ccc(c24)n3-c2ccccc2)cc1. The van der Waals surface area contributed by atoms with Crippen LogP contribution in [0.3, 0.4) is 0 Å². The van der Waals surface area contributed by atoms with E-state index in [2.05, 4.69) is 217 Å². The molecule has 0 spiro atoms. The number of aromatic nitrogens is 1. The average molecular weight is 678 g/mol. The monoisotopic (exact) mass is 677 g/mol. The normalized spacial score (nSPS) is 11.8. The Bertz CT molecular complexity index is 2690. The smallest absolute Gasteiger partial charge is 0.179 e. The second-order valence-electron chi connectivity index (χ2n) is 13.6. The molecule has 52 heavy (non-hydrogen) atoms. The molecule has 0 radical (unpaired) electrons. The molecule has 0 bridgehead atoms. The lowest BCUT2D eigenvalue weighted by atomic mass is 9.91. The minimum absolute atomic E-state index is 1.18. The van der Waals surface area contributed by atoms with Crippen molar-refractivity contribution in [3.8, 4) is 27.9 Å². The van der Waals surface area contributed by atoms with Gasteiger partial charge in [-0.15, -0.1) is 0 Å². The molecular weight excluding hydrogens is 643 g/mol. The van der Waals surface area contributed by atoms with E-state index in [1.54, 1.807) is 0 Å². The fourth-order valence-electron chi connectivity index (χ4n) is 8.70. The van der Waals surface area contributed by atoms with Gasteiger partial charge in [0.05, 0.1) is 11.0 Å². The lowest BCUT2D eigenvalue weighted by Gasteiger charge is -2.34. The molecule has 0 aliphatic carbocycles. The number of rotatable bonds is 7. The zero-order chi connectivity index (χ0) is 34.5. The van der Waals surface area contributed by atoms with Crippen LogP contribution in [0.15, 0.2) is 212 Å². The highest BCUT2D eigenvalue weighted by molar-refractivity contribution is 7.19. The van der Waals surface area contributed by atoms with Crippen molar-refractivity contribution in [2.45, 2.75) is 0 Å². The van der Waals surface area contributed by atoms with Gasteiger partial charge in [0.15, 0.2) is 8.07 Å². The number of hydrogen-bond donors (Lipinski definition) is 0. The molecule has 0 amide bonds. The maximum atomic E-state index is 2.44. The van der Waals surface area contributed by atoms with Gasteiger partial charge in [0.1, 0.15) is 0 Å². The maximum absolute atomic E-state index is 2.61. The van der Waals surface area contributed by atoms with E-state index in [-0.39, 0.29) is 0 Å². The summed E-state index contributed by atoms with van der Waals surface area (Å²) in [7, 11) is -2.61. The highest BCUT2D eigenvalue weighted by Crippen LogP contribution is 2.45. The molecule has 2 heteroatoms. The Kier molecular flexibility index (Phi) is 7.23. The summed E-state index contributed by atoms with van der Waals surface area (Å²) >= 11 is 0. The summed E-state index contributed by atoms with van der Waals surface area (Å²) in [6.45, 7) is 0. The van der Waals surface area contributed by atoms with Crippen LogP contribution in [0, 0.1) is 0 Å². The molecule has 1 nitrogen and oxygen atoms in total. The molecule has 0 saturated heterocycles. The van der Waals surface area contributed by atoms with E-state index in [1.165, 1.54) is 81.3 Å². The molecule has 0 aliphatic heterocycles. The predicted molar refractivity (Wildman–Crippen MR) is 224 cm³/mol. The fraction of sp³-hybridized carbons (Fsp3) is 0. The summed E-state index contributed by atoms with van der Waals surface area (Å²) in [5.41, 5.74) is 8.63. The van der Waals surface area contributed by atoms with Crippen molar-refractivity contribution >= 4 is 61.4 Å². The van der Waals surface area contributed by atoms with Crippen molar-refractivity contribution in [2.24, 2.45) is 0 Å². The first kappa shape index (κ1) is 30.4. The van der Waals surface area contributed by atoms with Crippen molar-refractivity contribution in [3.63, 3.8) is 0 Å². The first-order chi connectivity index (χ1) is 25.8. The Labute approximate surface area is 305 Å². The van der Waals surface area contributed by atoms with Crippen LogP contribution in [0.1, 0.15) is 0 Å². The lowest BCUT2D eigenvalue weighted by molar-refractivity contribution is 1.18. The van der Waals surface area contributed by atoms with E-state index >= 15 is 0 Å². The number of benzene rings is 9. The van der Waals surface area contributed by atoms with Crippen LogP contribution in [-0.2, 0) is 0 Å². The molecule has 10 rings (SSSR count). The van der Waals surface area contributed by atoms with E-state index in [9.17, 15) is 0 Å². The van der Waals surface area contributed by atoms with Crippen molar-refractivity contribution in [1.82, 2.24) is 4.57 Å². The van der Waals surface area contributed by atoms with E-state index in [0.717, 1.165) is 0 Å². The number of para-hydroxylation sites is 1. The summed E-state index contributed by atoms with van der Waals surface area (Å²) in [4.78, 5) is 0. The van der Waals surface area contributed by atoms with Gasteiger partial charge in [0, 0.05) is 16.5 Å². The summed E-state index contributed by atoms with van der Waals surface area (Å²) in [6.07, 6.45) is 0. The minimum atomic E-state index is -2.61. The average Bonchev–Trinajstić information content (AvgIpc) is 3.58. The zero-order valence-corrected chi connectivity index (χ0v) is 29.7. The third-order valence-electron chi connectivity index (χ3n) is 10.9. The minimum Gasteiger partial charge on any atom is -0.309 e. The second kappa shape index (κ2) is 12.4. The zero-order valence-electron chi connectivity index (χ0n) is 28.7. The van der Waals surface area contributed by atoms with Crippen molar-refractivity contribution in [2.75, 3.05) is 0 Å². The van der Waals surface area contributed by atoms with Gasteiger partial charge < -0.3 is 4.57 Å². The van der Waals surface area contributed by atoms with Gasteiger partial charge in [0.25, 0.3) is 0 Å². The Morgan fingerprint density at radius 3 is 1.10 bits per heavy atom. The standard InChI is InChI=1S/C50H35NSi/c1-6-16-36(17-7-1)43-32-34-47-49-45(43)30-31-46-44(33-35-48(50(46)49)51(47)38-18-8-2-9-19-38)37-26-28-42(29-27-37)52(39-20-10-3-11-21-39,40-22-12-4-13-23-40)41-24-14-5-15-25-41/h1-35H. The molecular formula is C50H35NSi. The Morgan fingerprint density at radius 2 is 0.654 bits per heavy atom. The third kappa shape index (κ3) is 4.62. The Morgan fingerprint density at radius 1 is 0.288 bits per heavy atom. The van der Waals surface area contributed by atoms with Crippen LogP contribution in [0.5, 0.6) is 0 Å². The summed E-state index contributed by atoms with van der Waals surface area (Å²) < 4.78 is 2.44. The van der Waals surface area contributed by atoms with Crippen LogP contribution in [0.4, 0.5) is 0 Å². The molecule has 1 aromatic heterocycles. The van der Waals surface area contributed by atoms with Crippen molar-refractivity contribution in [1.29, 1.82) is 0 Å². The van der Waals surface area contributed by atoms with E-state index in [4.69, 9.17) is 0 Å². The molecule has 0 aliphatic rings. The highest BCUT2D eigenvalue weighted by atomic mass is 28.3. The second-order valence-corrected chi connectivity index (χ2v) is 17.4. The van der Waals surface area contributed by atoms with E-state index < -0.39 is 8.07 Å². The van der Waals surface area contributed by atoms with Gasteiger partial charge in [-0.05, 0) is 78.0 Å². The molecule has 9 aromatic carbocycles. The Hall–Kier alpha value is -6.48. The van der Waals surface area contributed by atoms with E-state index in [1.807, 2.05) is 0 Å². The first-order valence-corrected chi connectivity index (χ1v) is 20.0. The number of nitrogens with zero attached hydrogens (tertiary/aromatic N) is 1. The maximum Gasteiger partial charge on any atom is 0.179 e. The molecule has 0 atom stereocenters. The molecule has 0 unspecified atom stereocenters. The molecule has 1 heterocycles. The van der Waals surface area contributed by atoms with Gasteiger partial charge in [-0.2, -0.15) is 0 Å². The molecule has 0 saturated carbocycles. The van der Waals surface area contributed by atoms with Crippen molar-refractivity contribution < 1.29 is 0 Å². The van der Waals surface area contributed by atoms with Gasteiger partial charge in [-0.3, -0.25) is 0 Å². The molecule has 244 valence electrons. The summed E-state index contributed by atoms with van der Waals surface area (Å²) in [6, 6.07) is 78.5. The topological polar surface area (TPSA) is 4.93 Å². The van der Waals surface area contributed by atoms with E-state index in [0.29, 0.717) is 0 Å². The van der Waals surface area contributed by atoms with Crippen molar-refractivity contribution in [3.05, 3.63) is 212 Å². The first-order valence-electron chi connectivity index (χ1n) is 18.0. The van der Waals surface area contributed by atoms with Crippen LogP contribution in [0.25, 0.3) is 60.5 Å². The highest BCUT2D eigenvalue weighted by Gasteiger charge is 2.41. The summed E-state index contributed by atoms with van der Waals surface area (Å²) in [5, 5.41) is 10.7. The predicted octanol–water partition coefficient (Wildman–Crippen LogP) is 10.1. The Balaban J connectivity index is 1.20. The summed E-state index contributed by atoms with van der Waals surface area (Å²) in [5.74, 6) is 0. The van der Waals surface area contributed by atoms with Crippen LogP contribution >= 0.6 is 0 Å². The third-order valence-corrected chi connectivity index (χ3v) is 15.7. The van der Waals surface area contributed by atoms with Gasteiger partial charge in [-0.1, -0.05) is 188 Å². The fourth-order valence-corrected chi connectivity index (χ4v) is 13.4. The molecule has 10 aromatic rings.